The standard InChI is InChI=1S/C13H18N4O2/c1-5-9-6-7-14-11-8-10(16-17(9)11)15-12(18)19-13(2,3)4/h6-8H,5H2,1-4H3,(H,15,16,18). The molecule has 0 aliphatic heterocycles. The number of carbonyl (C=O) groups excluding carboxylic acids is 1. The summed E-state index contributed by atoms with van der Waals surface area (Å²) in [4.78, 5) is 15.9. The lowest BCUT2D eigenvalue weighted by Gasteiger charge is -2.18. The summed E-state index contributed by atoms with van der Waals surface area (Å²) in [6, 6.07) is 3.61. The molecule has 6 heteroatoms. The molecule has 0 saturated carbocycles. The van der Waals surface area contributed by atoms with Crippen LogP contribution in [-0.4, -0.2) is 26.3 Å². The molecule has 2 rings (SSSR count). The second-order valence-electron chi connectivity index (χ2n) is 5.22. The van der Waals surface area contributed by atoms with Crippen LogP contribution in [0.5, 0.6) is 0 Å². The van der Waals surface area contributed by atoms with Crippen LogP contribution in [0.3, 0.4) is 0 Å². The quantitative estimate of drug-likeness (QED) is 0.903. The third-order valence-electron chi connectivity index (χ3n) is 2.43. The van der Waals surface area contributed by atoms with Gasteiger partial charge in [-0.15, -0.1) is 5.10 Å². The van der Waals surface area contributed by atoms with E-state index in [4.69, 9.17) is 4.74 Å². The second-order valence-corrected chi connectivity index (χ2v) is 5.22. The monoisotopic (exact) mass is 262 g/mol. The Morgan fingerprint density at radius 2 is 2.21 bits per heavy atom. The van der Waals surface area contributed by atoms with Gasteiger partial charge in [0, 0.05) is 18.0 Å². The van der Waals surface area contributed by atoms with Gasteiger partial charge in [0.1, 0.15) is 5.60 Å². The predicted molar refractivity (Wildman–Crippen MR) is 72.2 cm³/mol. The molecular formula is C13H18N4O2. The van der Waals surface area contributed by atoms with Gasteiger partial charge in [0.2, 0.25) is 0 Å². The Kier molecular flexibility index (Phi) is 3.42. The van der Waals surface area contributed by atoms with Crippen molar-refractivity contribution in [3.05, 3.63) is 24.0 Å². The van der Waals surface area contributed by atoms with E-state index in [0.717, 1.165) is 12.1 Å². The molecule has 0 bridgehead atoms. The highest BCUT2D eigenvalue weighted by molar-refractivity contribution is 5.84. The maximum absolute atomic E-state index is 11.7. The van der Waals surface area contributed by atoms with E-state index >= 15 is 0 Å². The van der Waals surface area contributed by atoms with Gasteiger partial charge in [-0.25, -0.2) is 14.3 Å². The number of ether oxygens (including phenoxy) is 1. The second kappa shape index (κ2) is 4.87. The van der Waals surface area contributed by atoms with Gasteiger partial charge in [-0.05, 0) is 33.3 Å². The van der Waals surface area contributed by atoms with Crippen molar-refractivity contribution in [2.24, 2.45) is 0 Å². The van der Waals surface area contributed by atoms with Gasteiger partial charge >= 0.3 is 6.09 Å². The lowest BCUT2D eigenvalue weighted by Crippen LogP contribution is -2.27. The van der Waals surface area contributed by atoms with Gasteiger partial charge in [0.05, 0.1) is 0 Å². The van der Waals surface area contributed by atoms with Crippen LogP contribution < -0.4 is 5.32 Å². The van der Waals surface area contributed by atoms with Gasteiger partial charge in [0.25, 0.3) is 0 Å². The molecule has 0 fully saturated rings. The Bertz CT molecular complexity index is 598. The Morgan fingerprint density at radius 1 is 1.47 bits per heavy atom. The summed E-state index contributed by atoms with van der Waals surface area (Å²) in [6.07, 6.45) is 2.05. The number of nitrogens with one attached hydrogen (secondary N) is 1. The zero-order valence-electron chi connectivity index (χ0n) is 11.6. The zero-order valence-corrected chi connectivity index (χ0v) is 11.6. The summed E-state index contributed by atoms with van der Waals surface area (Å²) >= 11 is 0. The molecule has 102 valence electrons. The number of anilines is 1. The average Bonchev–Trinajstić information content (AvgIpc) is 2.67. The van der Waals surface area contributed by atoms with E-state index in [1.807, 2.05) is 33.8 Å². The third kappa shape index (κ3) is 3.21. The minimum atomic E-state index is -0.532. The highest BCUT2D eigenvalue weighted by Gasteiger charge is 2.17. The topological polar surface area (TPSA) is 68.5 Å². The van der Waals surface area contributed by atoms with Crippen molar-refractivity contribution in [1.82, 2.24) is 14.6 Å². The van der Waals surface area contributed by atoms with Crippen LogP contribution in [0, 0.1) is 0 Å². The molecule has 2 aromatic rings. The van der Waals surface area contributed by atoms with Crippen molar-refractivity contribution in [3.8, 4) is 0 Å². The van der Waals surface area contributed by atoms with Gasteiger partial charge < -0.3 is 4.74 Å². The number of aromatic nitrogens is 3. The fourth-order valence-electron chi connectivity index (χ4n) is 1.68. The van der Waals surface area contributed by atoms with E-state index < -0.39 is 11.7 Å². The van der Waals surface area contributed by atoms with Crippen LogP contribution in [0.2, 0.25) is 0 Å². The Balaban J connectivity index is 2.20. The van der Waals surface area contributed by atoms with E-state index in [-0.39, 0.29) is 0 Å². The zero-order chi connectivity index (χ0) is 14.0. The highest BCUT2D eigenvalue weighted by atomic mass is 16.6. The molecule has 6 nitrogen and oxygen atoms in total. The SMILES string of the molecule is CCc1ccnc2cc(NC(=O)OC(C)(C)C)nn12. The average molecular weight is 262 g/mol. The van der Waals surface area contributed by atoms with Crippen molar-refractivity contribution >= 4 is 17.6 Å². The predicted octanol–water partition coefficient (Wildman–Crippen LogP) is 2.64. The smallest absolute Gasteiger partial charge is 0.413 e. The fourth-order valence-corrected chi connectivity index (χ4v) is 1.68. The number of fused-ring (bicyclic) bond motifs is 1. The van der Waals surface area contributed by atoms with E-state index in [2.05, 4.69) is 15.4 Å². The van der Waals surface area contributed by atoms with Gasteiger partial charge in [0.15, 0.2) is 11.5 Å². The number of hydrogen-bond donors (Lipinski definition) is 1. The summed E-state index contributed by atoms with van der Waals surface area (Å²) in [6.45, 7) is 7.48. The van der Waals surface area contributed by atoms with Crippen molar-refractivity contribution in [2.75, 3.05) is 5.32 Å². The molecule has 2 heterocycles. The number of rotatable bonds is 2. The van der Waals surface area contributed by atoms with Crippen molar-refractivity contribution in [1.29, 1.82) is 0 Å². The van der Waals surface area contributed by atoms with Gasteiger partial charge in [-0.3, -0.25) is 5.32 Å². The summed E-state index contributed by atoms with van der Waals surface area (Å²) in [5.74, 6) is 0.433. The first-order valence-electron chi connectivity index (χ1n) is 6.23. The van der Waals surface area contributed by atoms with Crippen molar-refractivity contribution < 1.29 is 9.53 Å². The maximum Gasteiger partial charge on any atom is 0.413 e. The fraction of sp³-hybridized carbons (Fsp3) is 0.462. The molecule has 0 unspecified atom stereocenters. The van der Waals surface area contributed by atoms with E-state index in [9.17, 15) is 4.79 Å². The van der Waals surface area contributed by atoms with Crippen LogP contribution in [0.4, 0.5) is 10.6 Å². The number of aryl methyl sites for hydroxylation is 1. The summed E-state index contributed by atoms with van der Waals surface area (Å²) in [5, 5.41) is 6.90. The maximum atomic E-state index is 11.7. The molecule has 0 aliphatic carbocycles. The Labute approximate surface area is 111 Å². The van der Waals surface area contributed by atoms with Gasteiger partial charge in [-0.1, -0.05) is 6.92 Å². The number of amides is 1. The normalized spacial score (nSPS) is 11.6. The molecule has 2 aromatic heterocycles. The van der Waals surface area contributed by atoms with E-state index in [0.29, 0.717) is 11.5 Å². The highest BCUT2D eigenvalue weighted by Crippen LogP contribution is 2.13. The van der Waals surface area contributed by atoms with Crippen LogP contribution in [0.1, 0.15) is 33.4 Å². The molecule has 0 aliphatic rings. The molecule has 0 saturated heterocycles. The summed E-state index contributed by atoms with van der Waals surface area (Å²) in [5.41, 5.74) is 1.20. The first-order chi connectivity index (χ1) is 8.89. The molecule has 0 aromatic carbocycles. The summed E-state index contributed by atoms with van der Waals surface area (Å²) in [7, 11) is 0. The molecule has 1 N–H and O–H groups in total. The largest absolute Gasteiger partial charge is 0.444 e. The van der Waals surface area contributed by atoms with Crippen LogP contribution in [0.15, 0.2) is 18.3 Å². The molecule has 0 atom stereocenters. The lowest BCUT2D eigenvalue weighted by molar-refractivity contribution is 0.0635. The van der Waals surface area contributed by atoms with Crippen molar-refractivity contribution in [2.45, 2.75) is 39.7 Å². The number of carbonyl (C=O) groups is 1. The molecule has 0 radical (unpaired) electrons. The van der Waals surface area contributed by atoms with Gasteiger partial charge in [-0.2, -0.15) is 0 Å². The molecular weight excluding hydrogens is 244 g/mol. The van der Waals surface area contributed by atoms with Crippen LogP contribution >= 0.6 is 0 Å². The van der Waals surface area contributed by atoms with E-state index in [1.165, 1.54) is 0 Å². The Morgan fingerprint density at radius 3 is 2.84 bits per heavy atom. The van der Waals surface area contributed by atoms with Crippen molar-refractivity contribution in [3.63, 3.8) is 0 Å². The number of nitrogens with zero attached hydrogens (tertiary/aromatic N) is 3. The first kappa shape index (κ1) is 13.3. The minimum Gasteiger partial charge on any atom is -0.444 e. The third-order valence-corrected chi connectivity index (χ3v) is 2.43. The molecule has 1 amide bonds. The van der Waals surface area contributed by atoms with Crippen LogP contribution in [0.25, 0.3) is 5.65 Å². The van der Waals surface area contributed by atoms with Crippen LogP contribution in [-0.2, 0) is 11.2 Å². The minimum absolute atomic E-state index is 0.433. The Hall–Kier alpha value is -2.11. The molecule has 19 heavy (non-hydrogen) atoms. The molecule has 0 spiro atoms. The van der Waals surface area contributed by atoms with E-state index in [1.54, 1.807) is 16.8 Å². The first-order valence-corrected chi connectivity index (χ1v) is 6.23. The summed E-state index contributed by atoms with van der Waals surface area (Å²) < 4.78 is 6.89. The lowest BCUT2D eigenvalue weighted by atomic mass is 10.2. The number of hydrogen-bond acceptors (Lipinski definition) is 4.